The van der Waals surface area contributed by atoms with E-state index in [2.05, 4.69) is 31.5 Å². The van der Waals surface area contributed by atoms with Crippen LogP contribution in [0.3, 0.4) is 0 Å². The van der Waals surface area contributed by atoms with Gasteiger partial charge in [0.1, 0.15) is 6.04 Å². The summed E-state index contributed by atoms with van der Waals surface area (Å²) in [7, 11) is 1.87. The molecule has 1 rings (SSSR count). The monoisotopic (exact) mass is 185 g/mol. The van der Waals surface area contributed by atoms with Crippen molar-refractivity contribution in [3.8, 4) is 0 Å². The molecule has 1 fully saturated rings. The molecule has 0 spiro atoms. The van der Waals surface area contributed by atoms with Gasteiger partial charge in [-0.3, -0.25) is 10.2 Å². The summed E-state index contributed by atoms with van der Waals surface area (Å²) in [6.45, 7) is 7.15. The van der Waals surface area contributed by atoms with Gasteiger partial charge in [-0.15, -0.1) is 0 Å². The average molecular weight is 185 g/mol. The first kappa shape index (κ1) is 10.5. The third-order valence-corrected chi connectivity index (χ3v) is 2.54. The molecule has 13 heavy (non-hydrogen) atoms. The third-order valence-electron chi connectivity index (χ3n) is 2.54. The second kappa shape index (κ2) is 4.07. The Hall–Kier alpha value is -0.610. The zero-order valence-electron chi connectivity index (χ0n) is 8.79. The van der Waals surface area contributed by atoms with Crippen molar-refractivity contribution < 1.29 is 4.79 Å². The van der Waals surface area contributed by atoms with Gasteiger partial charge in [0, 0.05) is 19.6 Å². The Bertz CT molecular complexity index is 193. The quantitative estimate of drug-likeness (QED) is 0.649. The van der Waals surface area contributed by atoms with Crippen molar-refractivity contribution in [3.05, 3.63) is 0 Å². The number of hydrogen-bond donors (Lipinski definition) is 2. The Kier molecular flexibility index (Phi) is 3.27. The Morgan fingerprint density at radius 1 is 1.54 bits per heavy atom. The first-order valence-corrected chi connectivity index (χ1v) is 4.78. The Morgan fingerprint density at radius 2 is 2.15 bits per heavy atom. The maximum Gasteiger partial charge on any atom is 0.252 e. The predicted molar refractivity (Wildman–Crippen MR) is 52.0 cm³/mol. The van der Waals surface area contributed by atoms with Gasteiger partial charge < -0.3 is 5.32 Å². The number of rotatable bonds is 3. The number of hydrogen-bond acceptors (Lipinski definition) is 3. The zero-order valence-corrected chi connectivity index (χ0v) is 8.79. The Balaban J connectivity index is 2.41. The molecule has 1 saturated heterocycles. The minimum Gasteiger partial charge on any atom is -0.302 e. The molecular weight excluding hydrogens is 166 g/mol. The predicted octanol–water partition coefficient (Wildman–Crippen LogP) is -0.0343. The second-order valence-corrected chi connectivity index (χ2v) is 4.11. The van der Waals surface area contributed by atoms with E-state index >= 15 is 0 Å². The molecule has 76 valence electrons. The van der Waals surface area contributed by atoms with Gasteiger partial charge in [0.25, 0.3) is 5.91 Å². The van der Waals surface area contributed by atoms with E-state index in [4.69, 9.17) is 0 Å². The molecule has 0 aromatic rings. The molecule has 1 amide bonds. The number of hydrazine groups is 1. The lowest BCUT2D eigenvalue weighted by molar-refractivity contribution is -0.122. The first-order chi connectivity index (χ1) is 6.00. The summed E-state index contributed by atoms with van der Waals surface area (Å²) in [4.78, 5) is 11.3. The lowest BCUT2D eigenvalue weighted by atomic mass is 10.1. The van der Waals surface area contributed by atoms with Gasteiger partial charge in [0.05, 0.1) is 0 Å². The van der Waals surface area contributed by atoms with Crippen LogP contribution in [0.15, 0.2) is 0 Å². The Labute approximate surface area is 79.6 Å². The number of likely N-dealkylation sites (N-methyl/N-ethyl adjacent to an activating group) is 1. The van der Waals surface area contributed by atoms with Crippen molar-refractivity contribution in [2.75, 3.05) is 13.6 Å². The third kappa shape index (κ3) is 2.67. The number of carbonyl (C=O) groups is 1. The van der Waals surface area contributed by atoms with E-state index < -0.39 is 0 Å². The smallest absolute Gasteiger partial charge is 0.252 e. The van der Waals surface area contributed by atoms with E-state index in [0.29, 0.717) is 12.0 Å². The van der Waals surface area contributed by atoms with E-state index in [0.717, 1.165) is 6.54 Å². The lowest BCUT2D eigenvalue weighted by Gasteiger charge is -2.20. The molecule has 2 atom stereocenters. The maximum absolute atomic E-state index is 11.3. The van der Waals surface area contributed by atoms with Crippen molar-refractivity contribution in [2.45, 2.75) is 32.9 Å². The van der Waals surface area contributed by atoms with Crippen LogP contribution in [0, 0.1) is 5.92 Å². The van der Waals surface area contributed by atoms with Gasteiger partial charge in [0.15, 0.2) is 0 Å². The van der Waals surface area contributed by atoms with Gasteiger partial charge in [0.2, 0.25) is 0 Å². The highest BCUT2D eigenvalue weighted by molar-refractivity contribution is 5.83. The maximum atomic E-state index is 11.3. The van der Waals surface area contributed by atoms with Crippen LogP contribution in [0.1, 0.15) is 20.8 Å². The molecule has 0 aliphatic carbocycles. The molecule has 0 bridgehead atoms. The molecule has 0 aromatic carbocycles. The second-order valence-electron chi connectivity index (χ2n) is 4.11. The Morgan fingerprint density at radius 3 is 2.54 bits per heavy atom. The minimum atomic E-state index is -0.0533. The van der Waals surface area contributed by atoms with Crippen LogP contribution in [-0.2, 0) is 4.79 Å². The fourth-order valence-corrected chi connectivity index (χ4v) is 1.31. The number of nitrogens with zero attached hydrogens (tertiary/aromatic N) is 1. The van der Waals surface area contributed by atoms with E-state index in [1.807, 2.05) is 12.1 Å². The number of nitrogens with one attached hydrogen (secondary N) is 2. The van der Waals surface area contributed by atoms with Crippen LogP contribution in [-0.4, -0.2) is 36.6 Å². The average Bonchev–Trinajstić information content (AvgIpc) is 2.30. The van der Waals surface area contributed by atoms with E-state index in [1.54, 1.807) is 0 Å². The summed E-state index contributed by atoms with van der Waals surface area (Å²) in [6, 6.07) is 0.324. The van der Waals surface area contributed by atoms with Crippen LogP contribution in [0.5, 0.6) is 0 Å². The molecule has 0 aromatic heterocycles. The van der Waals surface area contributed by atoms with E-state index in [1.165, 1.54) is 0 Å². The number of carbonyl (C=O) groups excluding carboxylic acids is 1. The number of amides is 1. The van der Waals surface area contributed by atoms with Crippen molar-refractivity contribution in [3.63, 3.8) is 0 Å². The van der Waals surface area contributed by atoms with Gasteiger partial charge in [-0.2, -0.15) is 0 Å². The van der Waals surface area contributed by atoms with Crippen molar-refractivity contribution in [1.29, 1.82) is 0 Å². The van der Waals surface area contributed by atoms with Crippen LogP contribution >= 0.6 is 0 Å². The fourth-order valence-electron chi connectivity index (χ4n) is 1.31. The van der Waals surface area contributed by atoms with Crippen LogP contribution in [0.4, 0.5) is 0 Å². The normalized spacial score (nSPS) is 26.5. The molecule has 0 saturated carbocycles. The van der Waals surface area contributed by atoms with E-state index in [9.17, 15) is 4.79 Å². The summed E-state index contributed by atoms with van der Waals surface area (Å²) in [5.41, 5.74) is 2.74. The van der Waals surface area contributed by atoms with Crippen molar-refractivity contribution in [2.24, 2.45) is 5.92 Å². The topological polar surface area (TPSA) is 44.4 Å². The fraction of sp³-hybridized carbons (Fsp3) is 0.889. The SMILES string of the molecule is CC(C)C(C)NC1CN(C)NC1=O. The summed E-state index contributed by atoms with van der Waals surface area (Å²) in [5, 5.41) is 5.12. The first-order valence-electron chi connectivity index (χ1n) is 4.78. The van der Waals surface area contributed by atoms with Gasteiger partial charge >= 0.3 is 0 Å². The van der Waals surface area contributed by atoms with E-state index in [-0.39, 0.29) is 11.9 Å². The molecule has 0 radical (unpaired) electrons. The molecule has 4 nitrogen and oxygen atoms in total. The van der Waals surface area contributed by atoms with Gasteiger partial charge in [-0.05, 0) is 12.8 Å². The highest BCUT2D eigenvalue weighted by Crippen LogP contribution is 2.04. The van der Waals surface area contributed by atoms with Crippen LogP contribution in [0.2, 0.25) is 0 Å². The lowest BCUT2D eigenvalue weighted by Crippen LogP contribution is -2.44. The van der Waals surface area contributed by atoms with Crippen molar-refractivity contribution in [1.82, 2.24) is 15.8 Å². The van der Waals surface area contributed by atoms with Gasteiger partial charge in [-0.25, -0.2) is 5.01 Å². The molecular formula is C9H19N3O. The summed E-state index contributed by atoms with van der Waals surface area (Å²) >= 11 is 0. The molecule has 1 heterocycles. The molecule has 4 heteroatoms. The van der Waals surface area contributed by atoms with Crippen LogP contribution < -0.4 is 10.7 Å². The standard InChI is InChI=1S/C9H19N3O/c1-6(2)7(3)10-8-5-12(4)11-9(8)13/h6-8,10H,5H2,1-4H3,(H,11,13). The molecule has 2 unspecified atom stereocenters. The highest BCUT2D eigenvalue weighted by atomic mass is 16.2. The minimum absolute atomic E-state index is 0.0533. The highest BCUT2D eigenvalue weighted by Gasteiger charge is 2.29. The van der Waals surface area contributed by atoms with Crippen LogP contribution in [0.25, 0.3) is 0 Å². The molecule has 1 aliphatic heterocycles. The largest absolute Gasteiger partial charge is 0.302 e. The van der Waals surface area contributed by atoms with Gasteiger partial charge in [-0.1, -0.05) is 13.8 Å². The molecule has 1 aliphatic rings. The molecule has 2 N–H and O–H groups in total. The zero-order chi connectivity index (χ0) is 10.0. The van der Waals surface area contributed by atoms with Crippen molar-refractivity contribution >= 4 is 5.91 Å². The summed E-state index contributed by atoms with van der Waals surface area (Å²) < 4.78 is 0. The summed E-state index contributed by atoms with van der Waals surface area (Å²) in [6.07, 6.45) is 0. The summed E-state index contributed by atoms with van der Waals surface area (Å²) in [5.74, 6) is 0.633.